The first-order valence-electron chi connectivity index (χ1n) is 6.75. The molecular weight excluding hydrogens is 292 g/mol. The molecule has 1 N–H and O–H groups in total. The van der Waals surface area contributed by atoms with Crippen LogP contribution < -0.4 is 5.32 Å². The molecule has 0 aliphatic heterocycles. The van der Waals surface area contributed by atoms with Gasteiger partial charge in [0.1, 0.15) is 5.69 Å². The van der Waals surface area contributed by atoms with Crippen molar-refractivity contribution in [1.82, 2.24) is 9.88 Å². The fourth-order valence-electron chi connectivity index (χ4n) is 1.95. The van der Waals surface area contributed by atoms with Crippen molar-refractivity contribution in [3.63, 3.8) is 0 Å². The summed E-state index contributed by atoms with van der Waals surface area (Å²) in [5.74, 6) is 0.0109. The molecule has 1 rings (SSSR count). The van der Waals surface area contributed by atoms with Crippen molar-refractivity contribution in [3.05, 3.63) is 22.4 Å². The quantitative estimate of drug-likeness (QED) is 0.726. The number of unbranched alkanes of at least 4 members (excludes halogenated alkanes) is 5. The fourth-order valence-corrected chi connectivity index (χ4v) is 2.47. The van der Waals surface area contributed by atoms with E-state index >= 15 is 0 Å². The first-order valence-corrected chi connectivity index (χ1v) is 7.54. The average molecular weight is 315 g/mol. The summed E-state index contributed by atoms with van der Waals surface area (Å²) in [6, 6.07) is 1.84. The number of amides is 1. The molecule has 0 aromatic carbocycles. The molecular formula is C14H23BrN2O. The van der Waals surface area contributed by atoms with Gasteiger partial charge in [0.05, 0.1) is 0 Å². The number of aromatic nitrogens is 1. The molecule has 0 radical (unpaired) electrons. The number of hydrogen-bond donors (Lipinski definition) is 1. The molecule has 0 aliphatic rings. The van der Waals surface area contributed by atoms with Crippen LogP contribution in [0.15, 0.2) is 16.7 Å². The molecule has 0 saturated carbocycles. The molecule has 0 spiro atoms. The Morgan fingerprint density at radius 1 is 1.28 bits per heavy atom. The zero-order chi connectivity index (χ0) is 13.4. The second-order valence-electron chi connectivity index (χ2n) is 4.68. The third kappa shape index (κ3) is 5.25. The first-order chi connectivity index (χ1) is 8.65. The molecule has 18 heavy (non-hydrogen) atoms. The van der Waals surface area contributed by atoms with Crippen LogP contribution in [-0.2, 0) is 7.05 Å². The minimum absolute atomic E-state index is 0.0109. The smallest absolute Gasteiger partial charge is 0.267 e. The maximum atomic E-state index is 11.9. The van der Waals surface area contributed by atoms with Crippen LogP contribution >= 0.6 is 15.9 Å². The number of carbonyl (C=O) groups excluding carboxylic acids is 1. The lowest BCUT2D eigenvalue weighted by Gasteiger charge is -2.05. The molecule has 0 aliphatic carbocycles. The summed E-state index contributed by atoms with van der Waals surface area (Å²) in [5.41, 5.74) is 0.702. The minimum Gasteiger partial charge on any atom is -0.351 e. The summed E-state index contributed by atoms with van der Waals surface area (Å²) in [6.07, 6.45) is 9.36. The monoisotopic (exact) mass is 314 g/mol. The topological polar surface area (TPSA) is 34.0 Å². The van der Waals surface area contributed by atoms with E-state index in [-0.39, 0.29) is 5.91 Å². The third-order valence-electron chi connectivity index (χ3n) is 3.02. The number of halogens is 1. The maximum Gasteiger partial charge on any atom is 0.267 e. The normalized spacial score (nSPS) is 10.6. The van der Waals surface area contributed by atoms with Crippen molar-refractivity contribution >= 4 is 21.8 Å². The second-order valence-corrected chi connectivity index (χ2v) is 5.59. The fraction of sp³-hybridized carbons (Fsp3) is 0.643. The summed E-state index contributed by atoms with van der Waals surface area (Å²) in [5, 5.41) is 2.96. The van der Waals surface area contributed by atoms with E-state index in [4.69, 9.17) is 0 Å². The lowest BCUT2D eigenvalue weighted by atomic mass is 10.1. The van der Waals surface area contributed by atoms with E-state index in [0.717, 1.165) is 17.4 Å². The Bertz CT molecular complexity index is 374. The van der Waals surface area contributed by atoms with Crippen molar-refractivity contribution in [1.29, 1.82) is 0 Å². The van der Waals surface area contributed by atoms with Crippen LogP contribution in [0.4, 0.5) is 0 Å². The molecule has 4 heteroatoms. The Morgan fingerprint density at radius 3 is 2.56 bits per heavy atom. The van der Waals surface area contributed by atoms with Gasteiger partial charge in [0.25, 0.3) is 5.91 Å². The van der Waals surface area contributed by atoms with Crippen LogP contribution in [0, 0.1) is 0 Å². The SMILES string of the molecule is CCCCCCCCNC(=O)c1cc(Br)cn1C. The van der Waals surface area contributed by atoms with E-state index in [1.165, 1.54) is 32.1 Å². The van der Waals surface area contributed by atoms with Gasteiger partial charge >= 0.3 is 0 Å². The zero-order valence-electron chi connectivity index (χ0n) is 11.3. The molecule has 102 valence electrons. The van der Waals surface area contributed by atoms with Crippen molar-refractivity contribution in [2.75, 3.05) is 6.54 Å². The minimum atomic E-state index is 0.0109. The highest BCUT2D eigenvalue weighted by Crippen LogP contribution is 2.13. The van der Waals surface area contributed by atoms with E-state index in [0.29, 0.717) is 5.69 Å². The van der Waals surface area contributed by atoms with Gasteiger partial charge in [-0.25, -0.2) is 0 Å². The molecule has 1 aromatic heterocycles. The van der Waals surface area contributed by atoms with Crippen molar-refractivity contribution < 1.29 is 4.79 Å². The molecule has 1 aromatic rings. The lowest BCUT2D eigenvalue weighted by molar-refractivity contribution is 0.0945. The predicted octanol–water partition coefficient (Wildman–Crippen LogP) is 3.88. The Kier molecular flexibility index (Phi) is 7.09. The second kappa shape index (κ2) is 8.35. The van der Waals surface area contributed by atoms with Crippen LogP contribution in [0.3, 0.4) is 0 Å². The van der Waals surface area contributed by atoms with Gasteiger partial charge in [-0.3, -0.25) is 4.79 Å². The standard InChI is InChI=1S/C14H23BrN2O/c1-3-4-5-6-7-8-9-16-14(18)13-10-12(15)11-17(13)2/h10-11H,3-9H2,1-2H3,(H,16,18). The highest BCUT2D eigenvalue weighted by atomic mass is 79.9. The van der Waals surface area contributed by atoms with Crippen LogP contribution in [0.1, 0.15) is 55.9 Å². The van der Waals surface area contributed by atoms with Gasteiger partial charge in [-0.2, -0.15) is 0 Å². The maximum absolute atomic E-state index is 11.9. The highest BCUT2D eigenvalue weighted by molar-refractivity contribution is 9.10. The van der Waals surface area contributed by atoms with Crippen LogP contribution in [0.25, 0.3) is 0 Å². The van der Waals surface area contributed by atoms with Crippen LogP contribution in [0.5, 0.6) is 0 Å². The number of aryl methyl sites for hydroxylation is 1. The third-order valence-corrected chi connectivity index (χ3v) is 3.45. The number of nitrogens with zero attached hydrogens (tertiary/aromatic N) is 1. The number of rotatable bonds is 8. The Labute approximate surface area is 118 Å². The van der Waals surface area contributed by atoms with Crippen molar-refractivity contribution in [2.24, 2.45) is 7.05 Å². The van der Waals surface area contributed by atoms with E-state index in [9.17, 15) is 4.79 Å². The van der Waals surface area contributed by atoms with E-state index < -0.39 is 0 Å². The van der Waals surface area contributed by atoms with Gasteiger partial charge in [0, 0.05) is 24.3 Å². The summed E-state index contributed by atoms with van der Waals surface area (Å²) in [4.78, 5) is 11.9. The van der Waals surface area contributed by atoms with E-state index in [1.807, 2.05) is 23.9 Å². The van der Waals surface area contributed by atoms with Crippen molar-refractivity contribution in [2.45, 2.75) is 45.4 Å². The summed E-state index contributed by atoms with van der Waals surface area (Å²) < 4.78 is 2.77. The number of hydrogen-bond acceptors (Lipinski definition) is 1. The molecule has 0 saturated heterocycles. The molecule has 0 fully saturated rings. The summed E-state index contributed by atoms with van der Waals surface area (Å²) in [7, 11) is 1.88. The molecule has 3 nitrogen and oxygen atoms in total. The van der Waals surface area contributed by atoms with Gasteiger partial charge < -0.3 is 9.88 Å². The molecule has 0 bridgehead atoms. The first kappa shape index (κ1) is 15.3. The lowest BCUT2D eigenvalue weighted by Crippen LogP contribution is -2.26. The van der Waals surface area contributed by atoms with Gasteiger partial charge in [0.15, 0.2) is 0 Å². The molecule has 1 amide bonds. The van der Waals surface area contributed by atoms with Gasteiger partial charge in [-0.1, -0.05) is 39.0 Å². The van der Waals surface area contributed by atoms with E-state index in [1.54, 1.807) is 0 Å². The van der Waals surface area contributed by atoms with Gasteiger partial charge in [-0.15, -0.1) is 0 Å². The Morgan fingerprint density at radius 2 is 1.94 bits per heavy atom. The number of nitrogens with one attached hydrogen (secondary N) is 1. The molecule has 0 unspecified atom stereocenters. The predicted molar refractivity (Wildman–Crippen MR) is 78.8 cm³/mol. The van der Waals surface area contributed by atoms with E-state index in [2.05, 4.69) is 28.2 Å². The summed E-state index contributed by atoms with van der Waals surface area (Å²) >= 11 is 3.37. The van der Waals surface area contributed by atoms with Crippen LogP contribution in [0.2, 0.25) is 0 Å². The molecule has 0 atom stereocenters. The average Bonchev–Trinajstić information content (AvgIpc) is 2.67. The van der Waals surface area contributed by atoms with Gasteiger partial charge in [-0.05, 0) is 28.4 Å². The largest absolute Gasteiger partial charge is 0.351 e. The molecule has 1 heterocycles. The van der Waals surface area contributed by atoms with Crippen LogP contribution in [-0.4, -0.2) is 17.0 Å². The number of carbonyl (C=O) groups is 1. The zero-order valence-corrected chi connectivity index (χ0v) is 12.9. The Balaban J connectivity index is 2.16. The highest BCUT2D eigenvalue weighted by Gasteiger charge is 2.09. The Hall–Kier alpha value is -0.770. The van der Waals surface area contributed by atoms with Crippen molar-refractivity contribution in [3.8, 4) is 0 Å². The summed E-state index contributed by atoms with van der Waals surface area (Å²) in [6.45, 7) is 2.99. The van der Waals surface area contributed by atoms with Gasteiger partial charge in [0.2, 0.25) is 0 Å².